The van der Waals surface area contributed by atoms with E-state index in [1.54, 1.807) is 0 Å². The Labute approximate surface area is 99.6 Å². The lowest BCUT2D eigenvalue weighted by atomic mass is 9.97. The maximum Gasteiger partial charge on any atom is 0.129 e. The summed E-state index contributed by atoms with van der Waals surface area (Å²) in [6, 6.07) is 0. The van der Waals surface area contributed by atoms with E-state index in [4.69, 9.17) is 4.99 Å². The average molecular weight is 223 g/mol. The van der Waals surface area contributed by atoms with Crippen molar-refractivity contribution >= 4 is 5.71 Å². The van der Waals surface area contributed by atoms with Crippen molar-refractivity contribution in [2.75, 3.05) is 20.6 Å². The highest BCUT2D eigenvalue weighted by atomic mass is 15.2. The predicted octanol–water partition coefficient (Wildman–Crippen LogP) is 2.40. The van der Waals surface area contributed by atoms with Gasteiger partial charge in [0, 0.05) is 23.5 Å². The van der Waals surface area contributed by atoms with Gasteiger partial charge in [-0.25, -0.2) is 0 Å². The van der Waals surface area contributed by atoms with Crippen LogP contribution in [-0.2, 0) is 0 Å². The number of likely N-dealkylation sites (N-methyl/N-ethyl adjacent to an activating group) is 1. The quantitative estimate of drug-likeness (QED) is 0.792. The molecule has 0 amide bonds. The second-order valence-corrected chi connectivity index (χ2v) is 4.90. The number of rotatable bonds is 4. The second-order valence-electron chi connectivity index (χ2n) is 4.90. The molecular formula is C13H25N3. The van der Waals surface area contributed by atoms with Crippen molar-refractivity contribution in [3.05, 3.63) is 11.3 Å². The third-order valence-electron chi connectivity index (χ3n) is 3.34. The van der Waals surface area contributed by atoms with Gasteiger partial charge in [0.25, 0.3) is 0 Å². The zero-order valence-electron chi connectivity index (χ0n) is 11.5. The molecule has 1 N–H and O–H groups in total. The van der Waals surface area contributed by atoms with E-state index in [1.165, 1.54) is 17.0 Å². The van der Waals surface area contributed by atoms with Crippen molar-refractivity contribution < 1.29 is 0 Å². The SMILES string of the molecule is CCC1(CC)N=C(C)C(CN(C)C)=C(C)N1. The summed E-state index contributed by atoms with van der Waals surface area (Å²) in [6.45, 7) is 9.63. The molecule has 3 nitrogen and oxygen atoms in total. The van der Waals surface area contributed by atoms with Crippen LogP contribution in [0.1, 0.15) is 40.5 Å². The zero-order valence-corrected chi connectivity index (χ0v) is 11.5. The van der Waals surface area contributed by atoms with E-state index in [2.05, 4.69) is 52.0 Å². The van der Waals surface area contributed by atoms with Crippen LogP contribution in [0.5, 0.6) is 0 Å². The van der Waals surface area contributed by atoms with Crippen LogP contribution in [0.3, 0.4) is 0 Å². The number of hydrogen-bond acceptors (Lipinski definition) is 3. The van der Waals surface area contributed by atoms with Crippen LogP contribution < -0.4 is 5.32 Å². The van der Waals surface area contributed by atoms with Crippen LogP contribution in [0.15, 0.2) is 16.3 Å². The van der Waals surface area contributed by atoms with Crippen molar-refractivity contribution in [2.24, 2.45) is 4.99 Å². The molecule has 0 bridgehead atoms. The Morgan fingerprint density at radius 2 is 1.75 bits per heavy atom. The van der Waals surface area contributed by atoms with E-state index < -0.39 is 0 Å². The third kappa shape index (κ3) is 2.64. The molecule has 0 spiro atoms. The molecule has 0 atom stereocenters. The van der Waals surface area contributed by atoms with Crippen LogP contribution in [0.4, 0.5) is 0 Å². The number of hydrogen-bond donors (Lipinski definition) is 1. The van der Waals surface area contributed by atoms with Gasteiger partial charge in [0.1, 0.15) is 5.66 Å². The molecular weight excluding hydrogens is 198 g/mol. The van der Waals surface area contributed by atoms with Gasteiger partial charge in [0.05, 0.1) is 0 Å². The zero-order chi connectivity index (χ0) is 12.3. The van der Waals surface area contributed by atoms with Gasteiger partial charge in [-0.15, -0.1) is 0 Å². The van der Waals surface area contributed by atoms with Gasteiger partial charge in [-0.05, 0) is 40.8 Å². The normalized spacial score (nSPS) is 19.8. The van der Waals surface area contributed by atoms with Crippen LogP contribution in [0, 0.1) is 0 Å². The molecule has 16 heavy (non-hydrogen) atoms. The fourth-order valence-corrected chi connectivity index (χ4v) is 2.25. The van der Waals surface area contributed by atoms with Gasteiger partial charge in [-0.3, -0.25) is 4.99 Å². The van der Waals surface area contributed by atoms with E-state index in [0.29, 0.717) is 0 Å². The first-order valence-corrected chi connectivity index (χ1v) is 6.13. The molecule has 3 heteroatoms. The summed E-state index contributed by atoms with van der Waals surface area (Å²) in [5.74, 6) is 0. The van der Waals surface area contributed by atoms with Gasteiger partial charge in [-0.1, -0.05) is 13.8 Å². The van der Waals surface area contributed by atoms with Gasteiger partial charge < -0.3 is 10.2 Å². The molecule has 0 aliphatic carbocycles. The van der Waals surface area contributed by atoms with Gasteiger partial charge in [-0.2, -0.15) is 0 Å². The number of nitrogens with one attached hydrogen (secondary N) is 1. The van der Waals surface area contributed by atoms with Gasteiger partial charge in [0.15, 0.2) is 0 Å². The van der Waals surface area contributed by atoms with Crippen molar-refractivity contribution in [1.82, 2.24) is 10.2 Å². The molecule has 0 aromatic rings. The molecule has 0 aromatic carbocycles. The maximum atomic E-state index is 4.86. The Bertz CT molecular complexity index is 309. The Kier molecular flexibility index (Phi) is 4.14. The van der Waals surface area contributed by atoms with Crippen LogP contribution in [0.2, 0.25) is 0 Å². The standard InChI is InChI=1S/C13H25N3/c1-7-13(8-2)14-10(3)12(9-16(5)6)11(4)15-13/h14H,7-9H2,1-6H3. The second kappa shape index (κ2) is 5.00. The topological polar surface area (TPSA) is 27.6 Å². The highest BCUT2D eigenvalue weighted by Gasteiger charge is 2.29. The molecule has 92 valence electrons. The lowest BCUT2D eigenvalue weighted by molar-refractivity contribution is 0.335. The minimum absolute atomic E-state index is 0.0655. The number of allylic oxidation sites excluding steroid dienone is 1. The van der Waals surface area contributed by atoms with Crippen LogP contribution >= 0.6 is 0 Å². The summed E-state index contributed by atoms with van der Waals surface area (Å²) in [4.78, 5) is 7.04. The molecule has 0 saturated heterocycles. The van der Waals surface area contributed by atoms with E-state index in [1.807, 2.05) is 0 Å². The predicted molar refractivity (Wildman–Crippen MR) is 70.8 cm³/mol. The fraction of sp³-hybridized carbons (Fsp3) is 0.769. The van der Waals surface area contributed by atoms with E-state index in [-0.39, 0.29) is 5.66 Å². The third-order valence-corrected chi connectivity index (χ3v) is 3.34. The number of aliphatic imine (C=N–C) groups is 1. The Morgan fingerprint density at radius 3 is 2.12 bits per heavy atom. The first kappa shape index (κ1) is 13.2. The Hall–Kier alpha value is -0.830. The lowest BCUT2D eigenvalue weighted by Crippen LogP contribution is -2.46. The molecule has 1 rings (SSSR count). The first-order chi connectivity index (χ1) is 7.44. The van der Waals surface area contributed by atoms with Crippen molar-refractivity contribution in [3.8, 4) is 0 Å². The molecule has 1 aliphatic rings. The van der Waals surface area contributed by atoms with E-state index in [9.17, 15) is 0 Å². The average Bonchev–Trinajstić information content (AvgIpc) is 2.23. The minimum atomic E-state index is -0.0655. The summed E-state index contributed by atoms with van der Waals surface area (Å²) < 4.78 is 0. The summed E-state index contributed by atoms with van der Waals surface area (Å²) in [6.07, 6.45) is 2.07. The molecule has 0 radical (unpaired) electrons. The smallest absolute Gasteiger partial charge is 0.129 e. The molecule has 0 fully saturated rings. The van der Waals surface area contributed by atoms with Crippen molar-refractivity contribution in [2.45, 2.75) is 46.2 Å². The van der Waals surface area contributed by atoms with E-state index in [0.717, 1.165) is 19.4 Å². The Balaban J connectivity index is 2.97. The minimum Gasteiger partial charge on any atom is -0.365 e. The number of nitrogens with zero attached hydrogens (tertiary/aromatic N) is 2. The van der Waals surface area contributed by atoms with Crippen LogP contribution in [-0.4, -0.2) is 36.9 Å². The van der Waals surface area contributed by atoms with Gasteiger partial charge in [0.2, 0.25) is 0 Å². The van der Waals surface area contributed by atoms with Crippen molar-refractivity contribution in [1.29, 1.82) is 0 Å². The molecule has 1 aliphatic heterocycles. The summed E-state index contributed by atoms with van der Waals surface area (Å²) in [7, 11) is 4.18. The summed E-state index contributed by atoms with van der Waals surface area (Å²) in [5, 5.41) is 3.58. The summed E-state index contributed by atoms with van der Waals surface area (Å²) >= 11 is 0. The fourth-order valence-electron chi connectivity index (χ4n) is 2.25. The molecule has 0 aromatic heterocycles. The molecule has 0 saturated carbocycles. The maximum absolute atomic E-state index is 4.86. The monoisotopic (exact) mass is 223 g/mol. The Morgan fingerprint density at radius 1 is 1.19 bits per heavy atom. The highest BCUT2D eigenvalue weighted by Crippen LogP contribution is 2.25. The van der Waals surface area contributed by atoms with Crippen molar-refractivity contribution in [3.63, 3.8) is 0 Å². The first-order valence-electron chi connectivity index (χ1n) is 6.13. The van der Waals surface area contributed by atoms with Gasteiger partial charge >= 0.3 is 0 Å². The van der Waals surface area contributed by atoms with E-state index >= 15 is 0 Å². The van der Waals surface area contributed by atoms with Crippen LogP contribution in [0.25, 0.3) is 0 Å². The largest absolute Gasteiger partial charge is 0.365 e. The summed E-state index contributed by atoms with van der Waals surface area (Å²) in [5.41, 5.74) is 3.74. The lowest BCUT2D eigenvalue weighted by Gasteiger charge is -2.36. The molecule has 0 unspecified atom stereocenters. The molecule has 1 heterocycles. The highest BCUT2D eigenvalue weighted by molar-refractivity contribution is 6.00.